The summed E-state index contributed by atoms with van der Waals surface area (Å²) in [6.07, 6.45) is 0.747. The van der Waals surface area contributed by atoms with E-state index in [0.717, 1.165) is 6.42 Å². The van der Waals surface area contributed by atoms with E-state index in [1.54, 1.807) is 4.57 Å². The maximum atomic E-state index is 13.0. The van der Waals surface area contributed by atoms with Gasteiger partial charge in [0.05, 0.1) is 27.1 Å². The van der Waals surface area contributed by atoms with Crippen LogP contribution < -0.4 is 5.56 Å². The largest absolute Gasteiger partial charge is 0.478 e. The van der Waals surface area contributed by atoms with Gasteiger partial charge in [-0.05, 0) is 49.0 Å². The smallest absolute Gasteiger partial charge is 0.335 e. The normalized spacial score (nSPS) is 10.9. The molecular formula is C18H15N3O5S. The topological polar surface area (TPSA) is 107 Å². The maximum Gasteiger partial charge on any atom is 0.335 e. The lowest BCUT2D eigenvalue weighted by atomic mass is 10.2. The Hall–Kier alpha value is -3.33. The van der Waals surface area contributed by atoms with Crippen molar-refractivity contribution in [3.63, 3.8) is 0 Å². The minimum Gasteiger partial charge on any atom is -0.478 e. The van der Waals surface area contributed by atoms with Gasteiger partial charge >= 0.3 is 5.97 Å². The predicted molar refractivity (Wildman–Crippen MR) is 102 cm³/mol. The molecule has 0 radical (unpaired) electrons. The second kappa shape index (κ2) is 7.12. The van der Waals surface area contributed by atoms with Crippen LogP contribution in [0.3, 0.4) is 0 Å². The number of aromatic nitrogens is 2. The number of benzene rings is 2. The molecule has 2 aromatic carbocycles. The summed E-state index contributed by atoms with van der Waals surface area (Å²) in [6, 6.07) is 9.83. The van der Waals surface area contributed by atoms with Crippen LogP contribution in [0.2, 0.25) is 0 Å². The van der Waals surface area contributed by atoms with Gasteiger partial charge in [-0.2, -0.15) is 0 Å². The third-order valence-electron chi connectivity index (χ3n) is 4.16. The van der Waals surface area contributed by atoms with Crippen molar-refractivity contribution in [2.75, 3.05) is 0 Å². The SMILES string of the molecule is CCCn1c(=S)n(-c2ccc(C(=O)O)cc2)c(=O)c2cc([N+](=O)[O-])ccc21. The molecule has 3 rings (SSSR count). The molecule has 0 amide bonds. The predicted octanol–water partition coefficient (Wildman–Crippen LogP) is 3.54. The van der Waals surface area contributed by atoms with Crippen molar-refractivity contribution in [3.05, 3.63) is 73.3 Å². The zero-order chi connectivity index (χ0) is 19.7. The molecule has 0 spiro atoms. The van der Waals surface area contributed by atoms with E-state index >= 15 is 0 Å². The Balaban J connectivity index is 2.37. The van der Waals surface area contributed by atoms with Crippen molar-refractivity contribution in [2.24, 2.45) is 0 Å². The highest BCUT2D eigenvalue weighted by Crippen LogP contribution is 2.21. The van der Waals surface area contributed by atoms with Crippen molar-refractivity contribution in [3.8, 4) is 5.69 Å². The van der Waals surface area contributed by atoms with Crippen LogP contribution in [0.1, 0.15) is 23.7 Å². The molecular weight excluding hydrogens is 370 g/mol. The minimum atomic E-state index is -1.08. The van der Waals surface area contributed by atoms with E-state index in [1.165, 1.54) is 47.0 Å². The number of nitro groups is 1. The summed E-state index contributed by atoms with van der Waals surface area (Å²) in [7, 11) is 0. The quantitative estimate of drug-likeness (QED) is 0.409. The molecule has 0 fully saturated rings. The van der Waals surface area contributed by atoms with Gasteiger partial charge in [0, 0.05) is 18.7 Å². The van der Waals surface area contributed by atoms with Gasteiger partial charge in [-0.25, -0.2) is 4.79 Å². The zero-order valence-electron chi connectivity index (χ0n) is 14.3. The first kappa shape index (κ1) is 18.5. The van der Waals surface area contributed by atoms with Crippen molar-refractivity contribution < 1.29 is 14.8 Å². The molecule has 9 heteroatoms. The molecule has 27 heavy (non-hydrogen) atoms. The number of hydrogen-bond acceptors (Lipinski definition) is 5. The van der Waals surface area contributed by atoms with Crippen molar-refractivity contribution in [1.29, 1.82) is 0 Å². The summed E-state index contributed by atoms with van der Waals surface area (Å²) in [5, 5.41) is 20.3. The Morgan fingerprint density at radius 1 is 1.22 bits per heavy atom. The number of fused-ring (bicyclic) bond motifs is 1. The van der Waals surface area contributed by atoms with Gasteiger partial charge in [-0.15, -0.1) is 0 Å². The molecule has 138 valence electrons. The number of nitro benzene ring substituents is 1. The van der Waals surface area contributed by atoms with Gasteiger partial charge in [0.15, 0.2) is 4.77 Å². The van der Waals surface area contributed by atoms with Crippen molar-refractivity contribution in [2.45, 2.75) is 19.9 Å². The molecule has 1 heterocycles. The van der Waals surface area contributed by atoms with Gasteiger partial charge < -0.3 is 9.67 Å². The molecule has 0 saturated carbocycles. The lowest BCUT2D eigenvalue weighted by Gasteiger charge is -2.15. The number of carboxylic acids is 1. The molecule has 0 saturated heterocycles. The standard InChI is InChI=1S/C18H15N3O5S/c1-2-9-19-15-8-7-13(21(25)26)10-14(15)16(22)20(18(19)27)12-5-3-11(4-6-12)17(23)24/h3-8,10H,2,9H2,1H3,(H,23,24). The van der Waals surface area contributed by atoms with Crippen LogP contribution in [-0.2, 0) is 6.54 Å². The first-order valence-corrected chi connectivity index (χ1v) is 8.53. The Kier molecular flexibility index (Phi) is 4.87. The molecule has 0 unspecified atom stereocenters. The number of hydrogen-bond donors (Lipinski definition) is 1. The average Bonchev–Trinajstić information content (AvgIpc) is 2.65. The summed E-state index contributed by atoms with van der Waals surface area (Å²) >= 11 is 5.50. The molecule has 1 aromatic heterocycles. The van der Waals surface area contributed by atoms with E-state index in [-0.39, 0.29) is 21.4 Å². The van der Waals surface area contributed by atoms with Crippen molar-refractivity contribution in [1.82, 2.24) is 9.13 Å². The first-order chi connectivity index (χ1) is 12.8. The Morgan fingerprint density at radius 2 is 1.89 bits per heavy atom. The van der Waals surface area contributed by atoms with Gasteiger partial charge in [0.25, 0.3) is 11.2 Å². The summed E-state index contributed by atoms with van der Waals surface area (Å²) in [5.41, 5.74) is 0.321. The first-order valence-electron chi connectivity index (χ1n) is 8.13. The van der Waals surface area contributed by atoms with E-state index < -0.39 is 16.5 Å². The summed E-state index contributed by atoms with van der Waals surface area (Å²) in [5.74, 6) is -1.08. The number of rotatable bonds is 5. The fourth-order valence-corrected chi connectivity index (χ4v) is 3.27. The lowest BCUT2D eigenvalue weighted by molar-refractivity contribution is -0.384. The second-order valence-electron chi connectivity index (χ2n) is 5.89. The van der Waals surface area contributed by atoms with Crippen LogP contribution in [0.4, 0.5) is 5.69 Å². The van der Waals surface area contributed by atoms with Crippen LogP contribution in [0.5, 0.6) is 0 Å². The highest BCUT2D eigenvalue weighted by molar-refractivity contribution is 7.71. The third-order valence-corrected chi connectivity index (χ3v) is 4.56. The van der Waals surface area contributed by atoms with Gasteiger partial charge in [-0.1, -0.05) is 6.92 Å². The summed E-state index contributed by atoms with van der Waals surface area (Å²) in [4.78, 5) is 34.6. The molecule has 0 aliphatic carbocycles. The minimum absolute atomic E-state index is 0.0792. The third kappa shape index (κ3) is 3.24. The van der Waals surface area contributed by atoms with E-state index in [0.29, 0.717) is 17.7 Å². The molecule has 3 aromatic rings. The van der Waals surface area contributed by atoms with Crippen LogP contribution in [0.25, 0.3) is 16.6 Å². The molecule has 0 atom stereocenters. The lowest BCUT2D eigenvalue weighted by Crippen LogP contribution is -2.24. The van der Waals surface area contributed by atoms with Gasteiger partial charge in [0.2, 0.25) is 0 Å². The van der Waals surface area contributed by atoms with E-state index in [2.05, 4.69) is 0 Å². The van der Waals surface area contributed by atoms with E-state index in [4.69, 9.17) is 17.3 Å². The number of non-ortho nitro benzene ring substituents is 1. The van der Waals surface area contributed by atoms with Crippen LogP contribution in [0.15, 0.2) is 47.3 Å². The molecule has 0 aliphatic rings. The Morgan fingerprint density at radius 3 is 2.44 bits per heavy atom. The molecule has 1 N–H and O–H groups in total. The highest BCUT2D eigenvalue weighted by atomic mass is 32.1. The van der Waals surface area contributed by atoms with Crippen LogP contribution in [-0.4, -0.2) is 25.1 Å². The van der Waals surface area contributed by atoms with Crippen molar-refractivity contribution >= 4 is 34.8 Å². The maximum absolute atomic E-state index is 13.0. The summed E-state index contributed by atoms with van der Waals surface area (Å²) < 4.78 is 3.26. The summed E-state index contributed by atoms with van der Waals surface area (Å²) in [6.45, 7) is 2.48. The number of carboxylic acid groups (broad SMARTS) is 1. The fourth-order valence-electron chi connectivity index (χ4n) is 2.90. The number of carbonyl (C=O) groups is 1. The molecule has 0 aliphatic heterocycles. The number of nitrogens with zero attached hydrogens (tertiary/aromatic N) is 3. The van der Waals surface area contributed by atoms with E-state index in [1.807, 2.05) is 6.92 Å². The Bertz CT molecular complexity index is 1180. The number of aromatic carboxylic acids is 1. The van der Waals surface area contributed by atoms with E-state index in [9.17, 15) is 19.7 Å². The zero-order valence-corrected chi connectivity index (χ0v) is 15.1. The second-order valence-corrected chi connectivity index (χ2v) is 6.25. The molecule has 0 bridgehead atoms. The monoisotopic (exact) mass is 385 g/mol. The van der Waals surface area contributed by atoms with Gasteiger partial charge in [0.1, 0.15) is 0 Å². The average molecular weight is 385 g/mol. The van der Waals surface area contributed by atoms with Crippen LogP contribution >= 0.6 is 12.2 Å². The van der Waals surface area contributed by atoms with Gasteiger partial charge in [-0.3, -0.25) is 19.5 Å². The fraction of sp³-hybridized carbons (Fsp3) is 0.167. The molecule has 8 nitrogen and oxygen atoms in total. The number of aryl methyl sites for hydroxylation is 1. The highest BCUT2D eigenvalue weighted by Gasteiger charge is 2.16. The Labute approximate surface area is 158 Å². The van der Waals surface area contributed by atoms with Crippen LogP contribution in [0, 0.1) is 14.9 Å².